The Morgan fingerprint density at radius 1 is 1.38 bits per heavy atom. The van der Waals surface area contributed by atoms with Crippen LogP contribution in [-0.4, -0.2) is 40.7 Å². The first kappa shape index (κ1) is 14.4. The number of carbonyl (C=O) groups excluding carboxylic acids is 1. The van der Waals surface area contributed by atoms with Gasteiger partial charge in [0.05, 0.1) is 11.3 Å². The summed E-state index contributed by atoms with van der Waals surface area (Å²) >= 11 is 1.79. The average molecular weight is 305 g/mol. The number of likely N-dealkylation sites (tertiary alicyclic amines) is 1. The highest BCUT2D eigenvalue weighted by Crippen LogP contribution is 2.40. The minimum atomic E-state index is -0.808. The monoisotopic (exact) mass is 305 g/mol. The summed E-state index contributed by atoms with van der Waals surface area (Å²) in [6.07, 6.45) is 1.37. The summed E-state index contributed by atoms with van der Waals surface area (Å²) in [4.78, 5) is 27.0. The normalized spacial score (nSPS) is 28.2. The van der Waals surface area contributed by atoms with Crippen LogP contribution < -0.4 is 0 Å². The summed E-state index contributed by atoms with van der Waals surface area (Å²) in [5.74, 6) is 0.112. The zero-order valence-electron chi connectivity index (χ0n) is 12.0. The number of thioether (sulfide) groups is 1. The Balaban J connectivity index is 1.80. The first-order valence-corrected chi connectivity index (χ1v) is 8.24. The first-order chi connectivity index (χ1) is 10.0. The van der Waals surface area contributed by atoms with E-state index in [1.165, 1.54) is 4.90 Å². The van der Waals surface area contributed by atoms with Crippen LogP contribution in [0, 0.1) is 5.41 Å². The second-order valence-electron chi connectivity index (χ2n) is 6.10. The van der Waals surface area contributed by atoms with Gasteiger partial charge in [-0.15, -0.1) is 11.8 Å². The van der Waals surface area contributed by atoms with Crippen molar-refractivity contribution in [2.75, 3.05) is 18.8 Å². The molecule has 21 heavy (non-hydrogen) atoms. The maximum absolute atomic E-state index is 12.8. The van der Waals surface area contributed by atoms with Crippen molar-refractivity contribution in [2.24, 2.45) is 5.41 Å². The van der Waals surface area contributed by atoms with E-state index in [0.29, 0.717) is 19.5 Å². The lowest BCUT2D eigenvalue weighted by Crippen LogP contribution is -2.38. The van der Waals surface area contributed by atoms with Gasteiger partial charge in [-0.25, -0.2) is 0 Å². The molecule has 0 spiro atoms. The fourth-order valence-corrected chi connectivity index (χ4v) is 4.27. The molecule has 1 saturated heterocycles. The molecule has 5 heteroatoms. The predicted molar refractivity (Wildman–Crippen MR) is 81.5 cm³/mol. The van der Waals surface area contributed by atoms with Gasteiger partial charge in [0.1, 0.15) is 0 Å². The largest absolute Gasteiger partial charge is 0.481 e. The average Bonchev–Trinajstić information content (AvgIpc) is 2.90. The van der Waals surface area contributed by atoms with Gasteiger partial charge < -0.3 is 10.0 Å². The highest BCUT2D eigenvalue weighted by Gasteiger charge is 2.43. The second-order valence-corrected chi connectivity index (χ2v) is 7.24. The number of hydrogen-bond acceptors (Lipinski definition) is 3. The fourth-order valence-electron chi connectivity index (χ4n) is 3.14. The van der Waals surface area contributed by atoms with Crippen molar-refractivity contribution in [1.29, 1.82) is 0 Å². The van der Waals surface area contributed by atoms with Gasteiger partial charge in [0.15, 0.2) is 0 Å². The molecule has 2 atom stereocenters. The number of rotatable bonds is 2. The van der Waals surface area contributed by atoms with Crippen molar-refractivity contribution in [1.82, 2.24) is 4.90 Å². The van der Waals surface area contributed by atoms with Crippen LogP contribution in [0.15, 0.2) is 29.2 Å². The summed E-state index contributed by atoms with van der Waals surface area (Å²) in [6, 6.07) is 8.05. The Kier molecular flexibility index (Phi) is 3.69. The van der Waals surface area contributed by atoms with Gasteiger partial charge in [-0.3, -0.25) is 9.59 Å². The molecule has 4 nitrogen and oxygen atoms in total. The van der Waals surface area contributed by atoms with E-state index in [1.54, 1.807) is 23.6 Å². The number of benzene rings is 1. The quantitative estimate of drug-likeness (QED) is 0.912. The van der Waals surface area contributed by atoms with Crippen LogP contribution in [0.3, 0.4) is 0 Å². The maximum atomic E-state index is 12.8. The minimum Gasteiger partial charge on any atom is -0.481 e. The third-order valence-corrected chi connectivity index (χ3v) is 5.68. The van der Waals surface area contributed by atoms with Crippen LogP contribution in [0.2, 0.25) is 0 Å². The van der Waals surface area contributed by atoms with E-state index in [9.17, 15) is 14.7 Å². The number of fused-ring (bicyclic) bond motifs is 1. The first-order valence-electron chi connectivity index (χ1n) is 7.25. The number of carboxylic acid groups (broad SMARTS) is 1. The zero-order chi connectivity index (χ0) is 15.0. The van der Waals surface area contributed by atoms with Crippen molar-refractivity contribution in [3.8, 4) is 0 Å². The summed E-state index contributed by atoms with van der Waals surface area (Å²) in [7, 11) is 0. The molecule has 1 amide bonds. The van der Waals surface area contributed by atoms with Crippen molar-refractivity contribution in [3.05, 3.63) is 29.8 Å². The molecule has 112 valence electrons. The topological polar surface area (TPSA) is 57.6 Å². The van der Waals surface area contributed by atoms with E-state index >= 15 is 0 Å². The highest BCUT2D eigenvalue weighted by molar-refractivity contribution is 7.99. The fraction of sp³-hybridized carbons (Fsp3) is 0.500. The van der Waals surface area contributed by atoms with E-state index in [4.69, 9.17) is 0 Å². The van der Waals surface area contributed by atoms with Gasteiger partial charge >= 0.3 is 5.97 Å². The van der Waals surface area contributed by atoms with E-state index < -0.39 is 11.4 Å². The lowest BCUT2D eigenvalue weighted by Gasteiger charge is -2.29. The summed E-state index contributed by atoms with van der Waals surface area (Å²) in [6.45, 7) is 2.60. The minimum absolute atomic E-state index is 0.0905. The molecule has 1 N–H and O–H groups in total. The van der Waals surface area contributed by atoms with Crippen LogP contribution in [0.4, 0.5) is 0 Å². The summed E-state index contributed by atoms with van der Waals surface area (Å²) in [5.41, 5.74) is 0.307. The van der Waals surface area contributed by atoms with Gasteiger partial charge in [-0.2, -0.15) is 0 Å². The molecule has 1 aromatic rings. The van der Waals surface area contributed by atoms with Gasteiger partial charge in [0.25, 0.3) is 0 Å². The van der Waals surface area contributed by atoms with Crippen LogP contribution in [0.1, 0.15) is 31.2 Å². The van der Waals surface area contributed by atoms with Crippen molar-refractivity contribution < 1.29 is 14.7 Å². The van der Waals surface area contributed by atoms with Crippen LogP contribution in [-0.2, 0) is 9.59 Å². The molecule has 1 aromatic carbocycles. The lowest BCUT2D eigenvalue weighted by atomic mass is 9.90. The Bertz CT molecular complexity index is 589. The molecular formula is C16H19NO3S. The van der Waals surface area contributed by atoms with Crippen molar-refractivity contribution in [2.45, 2.75) is 30.6 Å². The van der Waals surface area contributed by atoms with Crippen molar-refractivity contribution >= 4 is 23.6 Å². The van der Waals surface area contributed by atoms with E-state index in [0.717, 1.165) is 17.7 Å². The summed E-state index contributed by atoms with van der Waals surface area (Å²) in [5, 5.41) is 9.30. The molecule has 2 heterocycles. The summed E-state index contributed by atoms with van der Waals surface area (Å²) < 4.78 is 0. The smallest absolute Gasteiger partial charge is 0.311 e. The van der Waals surface area contributed by atoms with Crippen LogP contribution in [0.25, 0.3) is 0 Å². The highest BCUT2D eigenvalue weighted by atomic mass is 32.2. The number of nitrogens with zero attached hydrogens (tertiary/aromatic N) is 1. The standard InChI is InChI=1S/C16H19NO3S/c1-16(15(19)20)7-8-17(10-16)14(18)12-6-9-21-13-5-3-2-4-11(12)13/h2-5,12H,6-10H2,1H3,(H,19,20). The molecule has 3 rings (SSSR count). The maximum Gasteiger partial charge on any atom is 0.311 e. The molecule has 0 radical (unpaired) electrons. The van der Waals surface area contributed by atoms with E-state index in [1.807, 2.05) is 18.2 Å². The Morgan fingerprint density at radius 3 is 2.86 bits per heavy atom. The lowest BCUT2D eigenvalue weighted by molar-refractivity contribution is -0.147. The molecule has 0 aliphatic carbocycles. The van der Waals surface area contributed by atoms with Gasteiger partial charge in [0, 0.05) is 18.0 Å². The Hall–Kier alpha value is -1.49. The van der Waals surface area contributed by atoms with Gasteiger partial charge in [0.2, 0.25) is 5.91 Å². The van der Waals surface area contributed by atoms with Gasteiger partial charge in [-0.05, 0) is 37.1 Å². The predicted octanol–water partition coefficient (Wildman–Crippen LogP) is 2.59. The number of carboxylic acids is 1. The molecule has 0 bridgehead atoms. The molecule has 2 unspecified atom stereocenters. The number of amides is 1. The third-order valence-electron chi connectivity index (χ3n) is 4.56. The molecular weight excluding hydrogens is 286 g/mol. The second kappa shape index (κ2) is 5.37. The Labute approximate surface area is 128 Å². The number of hydrogen-bond donors (Lipinski definition) is 1. The van der Waals surface area contributed by atoms with Gasteiger partial charge in [-0.1, -0.05) is 18.2 Å². The third kappa shape index (κ3) is 2.55. The molecule has 0 saturated carbocycles. The Morgan fingerprint density at radius 2 is 2.14 bits per heavy atom. The molecule has 0 aromatic heterocycles. The molecule has 1 fully saturated rings. The number of aliphatic carboxylic acids is 1. The van der Waals surface area contributed by atoms with E-state index in [2.05, 4.69) is 6.07 Å². The SMILES string of the molecule is CC1(C(=O)O)CCN(C(=O)C2CCSc3ccccc32)C1. The molecule has 2 aliphatic heterocycles. The van der Waals surface area contributed by atoms with Crippen LogP contribution in [0.5, 0.6) is 0 Å². The zero-order valence-corrected chi connectivity index (χ0v) is 12.9. The van der Waals surface area contributed by atoms with Crippen molar-refractivity contribution in [3.63, 3.8) is 0 Å². The molecule has 2 aliphatic rings. The van der Waals surface area contributed by atoms with Crippen LogP contribution >= 0.6 is 11.8 Å². The number of carbonyl (C=O) groups is 2. The van der Waals surface area contributed by atoms with E-state index in [-0.39, 0.29) is 11.8 Å².